The van der Waals surface area contributed by atoms with Gasteiger partial charge in [-0.2, -0.15) is 5.10 Å². The molecule has 7 heteroatoms. The van der Waals surface area contributed by atoms with Gasteiger partial charge in [-0.05, 0) is 25.1 Å². The Morgan fingerprint density at radius 1 is 1.23 bits per heavy atom. The van der Waals surface area contributed by atoms with Crippen molar-refractivity contribution in [3.8, 4) is 0 Å². The van der Waals surface area contributed by atoms with Gasteiger partial charge in [0.05, 0.1) is 30.7 Å². The number of aromatic nitrogens is 2. The first-order valence-corrected chi connectivity index (χ1v) is 8.87. The van der Waals surface area contributed by atoms with Gasteiger partial charge >= 0.3 is 5.97 Å². The van der Waals surface area contributed by atoms with E-state index in [1.165, 1.54) is 10.7 Å². The minimum atomic E-state index is -0.437. The van der Waals surface area contributed by atoms with Gasteiger partial charge in [0, 0.05) is 15.4 Å². The van der Waals surface area contributed by atoms with Crippen LogP contribution in [0.1, 0.15) is 18.2 Å². The first-order chi connectivity index (χ1) is 12.5. The number of carbonyl (C=O) groups is 1. The lowest BCUT2D eigenvalue weighted by molar-refractivity contribution is -0.142. The number of halogens is 2. The van der Waals surface area contributed by atoms with Crippen molar-refractivity contribution in [1.82, 2.24) is 9.78 Å². The van der Waals surface area contributed by atoms with Crippen molar-refractivity contribution in [2.45, 2.75) is 19.9 Å². The molecule has 0 fully saturated rings. The van der Waals surface area contributed by atoms with Crippen LogP contribution < -0.4 is 5.56 Å². The SMILES string of the molecule is CCOC(=O)Cc1nn(Cc2ccc(Br)cc2F)c(=O)c2ccccc12. The molecular formula is C19H16BrFN2O3. The molecule has 0 aliphatic heterocycles. The summed E-state index contributed by atoms with van der Waals surface area (Å²) in [5.41, 5.74) is 0.423. The summed E-state index contributed by atoms with van der Waals surface area (Å²) in [5.74, 6) is -0.863. The molecule has 1 aromatic heterocycles. The molecule has 0 amide bonds. The highest BCUT2D eigenvalue weighted by atomic mass is 79.9. The minimum Gasteiger partial charge on any atom is -0.466 e. The van der Waals surface area contributed by atoms with Crippen LogP contribution in [0.4, 0.5) is 4.39 Å². The third-order valence-electron chi connectivity index (χ3n) is 3.90. The molecule has 0 saturated heterocycles. The van der Waals surface area contributed by atoms with Crippen molar-refractivity contribution in [2.24, 2.45) is 0 Å². The molecule has 0 spiro atoms. The molecule has 5 nitrogen and oxygen atoms in total. The quantitative estimate of drug-likeness (QED) is 0.595. The lowest BCUT2D eigenvalue weighted by Gasteiger charge is -2.11. The van der Waals surface area contributed by atoms with Gasteiger partial charge in [0.2, 0.25) is 0 Å². The van der Waals surface area contributed by atoms with Crippen molar-refractivity contribution in [3.63, 3.8) is 0 Å². The smallest absolute Gasteiger partial charge is 0.311 e. The second-order valence-electron chi connectivity index (χ2n) is 5.67. The Morgan fingerprint density at radius 2 is 1.96 bits per heavy atom. The largest absolute Gasteiger partial charge is 0.466 e. The number of ether oxygens (including phenoxy) is 1. The lowest BCUT2D eigenvalue weighted by Crippen LogP contribution is -2.26. The predicted octanol–water partition coefficient (Wildman–Crippen LogP) is 3.45. The number of esters is 1. The van der Waals surface area contributed by atoms with E-state index in [4.69, 9.17) is 4.74 Å². The fourth-order valence-corrected chi connectivity index (χ4v) is 3.04. The molecule has 0 bridgehead atoms. The summed E-state index contributed by atoms with van der Waals surface area (Å²) in [5, 5.41) is 5.33. The second kappa shape index (κ2) is 7.78. The van der Waals surface area contributed by atoms with Crippen molar-refractivity contribution in [3.05, 3.63) is 74.4 Å². The van der Waals surface area contributed by atoms with Crippen LogP contribution >= 0.6 is 15.9 Å². The molecule has 0 saturated carbocycles. The molecule has 26 heavy (non-hydrogen) atoms. The maximum atomic E-state index is 14.1. The summed E-state index contributed by atoms with van der Waals surface area (Å²) < 4.78 is 20.9. The predicted molar refractivity (Wildman–Crippen MR) is 99.5 cm³/mol. The molecule has 0 radical (unpaired) electrons. The van der Waals surface area contributed by atoms with E-state index in [0.29, 0.717) is 26.5 Å². The summed E-state index contributed by atoms with van der Waals surface area (Å²) >= 11 is 3.21. The summed E-state index contributed by atoms with van der Waals surface area (Å²) in [7, 11) is 0. The zero-order valence-corrected chi connectivity index (χ0v) is 15.6. The molecule has 1 heterocycles. The van der Waals surface area contributed by atoms with Gasteiger partial charge < -0.3 is 4.74 Å². The van der Waals surface area contributed by atoms with E-state index in [9.17, 15) is 14.0 Å². The molecule has 3 aromatic rings. The molecule has 0 aliphatic carbocycles. The molecule has 3 rings (SSSR count). The van der Waals surface area contributed by atoms with E-state index in [-0.39, 0.29) is 25.1 Å². The number of nitrogens with zero attached hydrogens (tertiary/aromatic N) is 2. The molecule has 0 atom stereocenters. The molecule has 0 N–H and O–H groups in total. The van der Waals surface area contributed by atoms with Crippen molar-refractivity contribution < 1.29 is 13.9 Å². The standard InChI is InChI=1S/C19H16BrFN2O3/c1-2-26-18(24)10-17-14-5-3-4-6-15(14)19(25)23(22-17)11-12-7-8-13(20)9-16(12)21/h3-9H,2,10-11H2,1H3. The maximum Gasteiger partial charge on any atom is 0.311 e. The average molecular weight is 419 g/mol. The van der Waals surface area contributed by atoms with Gasteiger partial charge in [-0.15, -0.1) is 0 Å². The molecule has 0 aliphatic rings. The van der Waals surface area contributed by atoms with E-state index in [1.807, 2.05) is 0 Å². The van der Waals surface area contributed by atoms with E-state index in [2.05, 4.69) is 21.0 Å². The number of benzene rings is 2. The Kier molecular flexibility index (Phi) is 5.46. The van der Waals surface area contributed by atoms with E-state index >= 15 is 0 Å². The first-order valence-electron chi connectivity index (χ1n) is 8.08. The number of hydrogen-bond donors (Lipinski definition) is 0. The van der Waals surface area contributed by atoms with E-state index in [1.54, 1.807) is 43.3 Å². The zero-order valence-electron chi connectivity index (χ0n) is 14.0. The first kappa shape index (κ1) is 18.3. The normalized spacial score (nSPS) is 10.9. The number of hydrogen-bond acceptors (Lipinski definition) is 4. The highest BCUT2D eigenvalue weighted by Crippen LogP contribution is 2.18. The Bertz CT molecular complexity index is 1030. The molecule has 0 unspecified atom stereocenters. The monoisotopic (exact) mass is 418 g/mol. The minimum absolute atomic E-state index is 0.0292. The number of carbonyl (C=O) groups excluding carboxylic acids is 1. The zero-order chi connectivity index (χ0) is 18.7. The molecule has 2 aromatic carbocycles. The van der Waals surface area contributed by atoms with Gasteiger partial charge in [-0.1, -0.05) is 40.2 Å². The van der Waals surface area contributed by atoms with Crippen LogP contribution in [0.3, 0.4) is 0 Å². The summed E-state index contributed by atoms with van der Waals surface area (Å²) in [4.78, 5) is 24.6. The van der Waals surface area contributed by atoms with Gasteiger partial charge in [-0.25, -0.2) is 9.07 Å². The van der Waals surface area contributed by atoms with Crippen LogP contribution in [0.25, 0.3) is 10.8 Å². The van der Waals surface area contributed by atoms with Crippen LogP contribution in [0.5, 0.6) is 0 Å². The van der Waals surface area contributed by atoms with Crippen LogP contribution in [0.2, 0.25) is 0 Å². The fourth-order valence-electron chi connectivity index (χ4n) is 2.70. The maximum absolute atomic E-state index is 14.1. The molecular weight excluding hydrogens is 403 g/mol. The third-order valence-corrected chi connectivity index (χ3v) is 4.39. The van der Waals surface area contributed by atoms with Crippen LogP contribution in [-0.4, -0.2) is 22.4 Å². The van der Waals surface area contributed by atoms with Crippen molar-refractivity contribution in [2.75, 3.05) is 6.61 Å². The highest BCUT2D eigenvalue weighted by molar-refractivity contribution is 9.10. The Labute approximate surface area is 157 Å². The Hall–Kier alpha value is -2.54. The third kappa shape index (κ3) is 3.83. The summed E-state index contributed by atoms with van der Waals surface area (Å²) in [6.07, 6.45) is -0.0581. The van der Waals surface area contributed by atoms with Gasteiger partial charge in [0.25, 0.3) is 5.56 Å². The van der Waals surface area contributed by atoms with Crippen LogP contribution in [-0.2, 0) is 22.5 Å². The number of rotatable bonds is 5. The number of fused-ring (bicyclic) bond motifs is 1. The average Bonchev–Trinajstić information content (AvgIpc) is 2.61. The Morgan fingerprint density at radius 3 is 2.65 bits per heavy atom. The second-order valence-corrected chi connectivity index (χ2v) is 6.59. The van der Waals surface area contributed by atoms with Gasteiger partial charge in [0.1, 0.15) is 5.82 Å². The van der Waals surface area contributed by atoms with Crippen LogP contribution in [0, 0.1) is 5.82 Å². The van der Waals surface area contributed by atoms with Crippen LogP contribution in [0.15, 0.2) is 51.7 Å². The van der Waals surface area contributed by atoms with Crippen molar-refractivity contribution in [1.29, 1.82) is 0 Å². The lowest BCUT2D eigenvalue weighted by atomic mass is 10.1. The topological polar surface area (TPSA) is 61.2 Å². The van der Waals surface area contributed by atoms with E-state index in [0.717, 1.165) is 0 Å². The highest BCUT2D eigenvalue weighted by Gasteiger charge is 2.15. The van der Waals surface area contributed by atoms with Crippen molar-refractivity contribution >= 4 is 32.7 Å². The molecule has 134 valence electrons. The Balaban J connectivity index is 2.09. The van der Waals surface area contributed by atoms with Gasteiger partial charge in [0.15, 0.2) is 0 Å². The van der Waals surface area contributed by atoms with E-state index < -0.39 is 11.8 Å². The summed E-state index contributed by atoms with van der Waals surface area (Å²) in [6.45, 7) is 1.96. The van der Waals surface area contributed by atoms with Gasteiger partial charge in [-0.3, -0.25) is 9.59 Å². The fraction of sp³-hybridized carbons (Fsp3) is 0.211. The summed E-state index contributed by atoms with van der Waals surface area (Å²) in [6, 6.07) is 11.5.